The van der Waals surface area contributed by atoms with Crippen molar-refractivity contribution in [1.29, 1.82) is 0 Å². The van der Waals surface area contributed by atoms with Gasteiger partial charge in [-0.2, -0.15) is 4.31 Å². The summed E-state index contributed by atoms with van der Waals surface area (Å²) in [6.07, 6.45) is -0.316. The van der Waals surface area contributed by atoms with Gasteiger partial charge in [0.25, 0.3) is 5.91 Å². The van der Waals surface area contributed by atoms with Gasteiger partial charge in [0.2, 0.25) is 10.0 Å². The zero-order valence-corrected chi connectivity index (χ0v) is 17.8. The minimum absolute atomic E-state index is 0.158. The number of hydrogen-bond acceptors (Lipinski definition) is 6. The van der Waals surface area contributed by atoms with Crippen molar-refractivity contribution in [1.82, 2.24) is 9.21 Å². The van der Waals surface area contributed by atoms with Crippen molar-refractivity contribution < 1.29 is 27.4 Å². The summed E-state index contributed by atoms with van der Waals surface area (Å²) >= 11 is 0. The minimum atomic E-state index is -3.63. The number of ether oxygens (including phenoxy) is 3. The Morgan fingerprint density at radius 3 is 2.04 bits per heavy atom. The molecule has 1 saturated heterocycles. The van der Waals surface area contributed by atoms with Gasteiger partial charge in [-0.25, -0.2) is 8.42 Å². The van der Waals surface area contributed by atoms with Crippen LogP contribution >= 0.6 is 0 Å². The zero-order chi connectivity index (χ0) is 20.7. The van der Waals surface area contributed by atoms with E-state index in [1.807, 2.05) is 13.8 Å². The van der Waals surface area contributed by atoms with Crippen LogP contribution in [-0.2, 0) is 24.2 Å². The summed E-state index contributed by atoms with van der Waals surface area (Å²) in [5.41, 5.74) is 0.426. The average Bonchev–Trinajstić information content (AvgIpc) is 2.67. The fraction of sp³-hybridized carbons (Fsp3) is 0.632. The molecule has 2 atom stereocenters. The van der Waals surface area contributed by atoms with Gasteiger partial charge in [-0.05, 0) is 38.1 Å². The maximum absolute atomic E-state index is 12.9. The van der Waals surface area contributed by atoms with Gasteiger partial charge in [-0.1, -0.05) is 0 Å². The monoisotopic (exact) mass is 414 g/mol. The molecule has 1 fully saturated rings. The first-order valence-electron chi connectivity index (χ1n) is 9.32. The van der Waals surface area contributed by atoms with Crippen LogP contribution in [-0.4, -0.2) is 89.4 Å². The largest absolute Gasteiger partial charge is 0.383 e. The van der Waals surface area contributed by atoms with E-state index in [-0.39, 0.29) is 23.0 Å². The first-order valence-corrected chi connectivity index (χ1v) is 10.8. The minimum Gasteiger partial charge on any atom is -0.383 e. The molecule has 0 radical (unpaired) electrons. The molecule has 1 aromatic rings. The summed E-state index contributed by atoms with van der Waals surface area (Å²) in [6, 6.07) is 6.07. The van der Waals surface area contributed by atoms with Gasteiger partial charge in [0, 0.05) is 46.0 Å². The smallest absolute Gasteiger partial charge is 0.254 e. The van der Waals surface area contributed by atoms with Gasteiger partial charge in [0.15, 0.2) is 0 Å². The number of carbonyl (C=O) groups excluding carboxylic acids is 1. The number of rotatable bonds is 9. The standard InChI is InChI=1S/C19H30N2O6S/c1-15-13-21(14-16(2)27-15)28(23,24)18-7-5-17(6-8-18)19(22)20(9-11-25-3)10-12-26-4/h5-8,15-16H,9-14H2,1-4H3. The number of methoxy groups -OCH3 is 2. The third kappa shape index (κ3) is 5.74. The molecule has 1 heterocycles. The number of amides is 1. The van der Waals surface area contributed by atoms with Gasteiger partial charge in [-0.3, -0.25) is 4.79 Å². The molecule has 0 bridgehead atoms. The Labute approximate surface area is 167 Å². The van der Waals surface area contributed by atoms with Crippen molar-refractivity contribution in [2.75, 3.05) is 53.6 Å². The topological polar surface area (TPSA) is 85.4 Å². The van der Waals surface area contributed by atoms with Crippen molar-refractivity contribution in [3.63, 3.8) is 0 Å². The van der Waals surface area contributed by atoms with E-state index in [4.69, 9.17) is 14.2 Å². The van der Waals surface area contributed by atoms with Gasteiger partial charge in [-0.15, -0.1) is 0 Å². The number of carbonyl (C=O) groups is 1. The highest BCUT2D eigenvalue weighted by Gasteiger charge is 2.32. The molecule has 0 N–H and O–H groups in total. The molecule has 1 aromatic carbocycles. The second-order valence-corrected chi connectivity index (χ2v) is 8.82. The number of hydrogen-bond donors (Lipinski definition) is 0. The predicted octanol–water partition coefficient (Wildman–Crippen LogP) is 1.22. The molecule has 1 aliphatic rings. The summed E-state index contributed by atoms with van der Waals surface area (Å²) in [5.74, 6) is -0.188. The summed E-state index contributed by atoms with van der Waals surface area (Å²) in [6.45, 7) is 6.03. The SMILES string of the molecule is COCCN(CCOC)C(=O)c1ccc(S(=O)(=O)N2CC(C)OC(C)C2)cc1. The summed E-state index contributed by atoms with van der Waals surface area (Å²) in [7, 11) is -0.480. The Morgan fingerprint density at radius 2 is 1.57 bits per heavy atom. The molecule has 158 valence electrons. The van der Waals surface area contributed by atoms with Gasteiger partial charge < -0.3 is 19.1 Å². The molecule has 9 heteroatoms. The first-order chi connectivity index (χ1) is 13.3. The summed E-state index contributed by atoms with van der Waals surface area (Å²) in [5, 5.41) is 0. The Kier molecular flexibility index (Phi) is 8.38. The van der Waals surface area contributed by atoms with Crippen molar-refractivity contribution in [3.05, 3.63) is 29.8 Å². The number of sulfonamides is 1. The Morgan fingerprint density at radius 1 is 1.07 bits per heavy atom. The lowest BCUT2D eigenvalue weighted by Gasteiger charge is -2.34. The van der Waals surface area contributed by atoms with E-state index in [0.29, 0.717) is 45.0 Å². The molecule has 28 heavy (non-hydrogen) atoms. The second-order valence-electron chi connectivity index (χ2n) is 6.88. The van der Waals surface area contributed by atoms with Crippen LogP contribution in [0.25, 0.3) is 0 Å². The molecular formula is C19H30N2O6S. The molecule has 1 aliphatic heterocycles. The van der Waals surface area contributed by atoms with E-state index >= 15 is 0 Å². The lowest BCUT2D eigenvalue weighted by atomic mass is 10.2. The third-order valence-electron chi connectivity index (χ3n) is 4.54. The van der Waals surface area contributed by atoms with Gasteiger partial charge >= 0.3 is 0 Å². The van der Waals surface area contributed by atoms with Gasteiger partial charge in [0.05, 0.1) is 30.3 Å². The van der Waals surface area contributed by atoms with Gasteiger partial charge in [0.1, 0.15) is 0 Å². The van der Waals surface area contributed by atoms with Crippen molar-refractivity contribution in [2.45, 2.75) is 31.0 Å². The van der Waals surface area contributed by atoms with E-state index in [2.05, 4.69) is 0 Å². The summed E-state index contributed by atoms with van der Waals surface area (Å²) in [4.78, 5) is 14.5. The van der Waals surface area contributed by atoms with Crippen molar-refractivity contribution >= 4 is 15.9 Å². The molecule has 2 rings (SSSR count). The number of benzene rings is 1. The van der Waals surface area contributed by atoms with E-state index in [1.165, 1.54) is 16.4 Å². The average molecular weight is 415 g/mol. The van der Waals surface area contributed by atoms with Crippen LogP contribution in [0.3, 0.4) is 0 Å². The van der Waals surface area contributed by atoms with E-state index in [1.54, 1.807) is 31.3 Å². The summed E-state index contributed by atoms with van der Waals surface area (Å²) < 4.78 is 43.0. The van der Waals surface area contributed by atoms with Crippen LogP contribution in [0.1, 0.15) is 24.2 Å². The lowest BCUT2D eigenvalue weighted by Crippen LogP contribution is -2.48. The van der Waals surface area contributed by atoms with Crippen LogP contribution in [0.5, 0.6) is 0 Å². The van der Waals surface area contributed by atoms with Crippen LogP contribution in [0.2, 0.25) is 0 Å². The molecule has 1 amide bonds. The zero-order valence-electron chi connectivity index (χ0n) is 17.0. The van der Waals surface area contributed by atoms with Crippen LogP contribution in [0.4, 0.5) is 0 Å². The number of morpholine rings is 1. The first kappa shape index (κ1) is 22.8. The lowest BCUT2D eigenvalue weighted by molar-refractivity contribution is -0.0440. The molecule has 0 aliphatic carbocycles. The molecule has 0 spiro atoms. The maximum Gasteiger partial charge on any atom is 0.254 e. The van der Waals surface area contributed by atoms with Crippen LogP contribution in [0.15, 0.2) is 29.2 Å². The Hall–Kier alpha value is -1.52. The molecule has 2 unspecified atom stereocenters. The van der Waals surface area contributed by atoms with Crippen molar-refractivity contribution in [2.24, 2.45) is 0 Å². The van der Waals surface area contributed by atoms with Crippen LogP contribution in [0, 0.1) is 0 Å². The third-order valence-corrected chi connectivity index (χ3v) is 6.39. The molecule has 0 saturated carbocycles. The van der Waals surface area contributed by atoms with E-state index < -0.39 is 10.0 Å². The molecular weight excluding hydrogens is 384 g/mol. The molecule has 8 nitrogen and oxygen atoms in total. The maximum atomic E-state index is 12.9. The predicted molar refractivity (Wildman–Crippen MR) is 105 cm³/mol. The highest BCUT2D eigenvalue weighted by atomic mass is 32.2. The fourth-order valence-corrected chi connectivity index (χ4v) is 4.74. The second kappa shape index (κ2) is 10.3. The highest BCUT2D eigenvalue weighted by Crippen LogP contribution is 2.21. The number of nitrogens with zero attached hydrogens (tertiary/aromatic N) is 2. The van der Waals surface area contributed by atoms with E-state index in [9.17, 15) is 13.2 Å². The van der Waals surface area contributed by atoms with E-state index in [0.717, 1.165) is 0 Å². The fourth-order valence-electron chi connectivity index (χ4n) is 3.15. The van der Waals surface area contributed by atoms with Crippen LogP contribution < -0.4 is 0 Å². The Bertz CT molecular complexity index is 719. The normalized spacial score (nSPS) is 20.9. The molecule has 0 aromatic heterocycles. The Balaban J connectivity index is 2.15. The highest BCUT2D eigenvalue weighted by molar-refractivity contribution is 7.89. The van der Waals surface area contributed by atoms with Crippen molar-refractivity contribution in [3.8, 4) is 0 Å². The quantitative estimate of drug-likeness (QED) is 0.604.